The molecule has 0 fully saturated rings. The van der Waals surface area contributed by atoms with Crippen LogP contribution in [0.1, 0.15) is 72.6 Å². The number of unbranched alkanes of at least 4 members (excludes halogenated alkanes) is 5. The lowest BCUT2D eigenvalue weighted by atomic mass is 9.96. The maximum absolute atomic E-state index is 11.9. The molecular formula is C17H34O5S. The van der Waals surface area contributed by atoms with Crippen LogP contribution in [0.15, 0.2) is 0 Å². The van der Waals surface area contributed by atoms with E-state index in [1.807, 2.05) is 0 Å². The summed E-state index contributed by atoms with van der Waals surface area (Å²) in [7, 11) is 0. The monoisotopic (exact) mass is 350 g/mol. The van der Waals surface area contributed by atoms with Crippen molar-refractivity contribution in [1.82, 2.24) is 0 Å². The quantitative estimate of drug-likeness (QED) is 0.262. The molecule has 23 heavy (non-hydrogen) atoms. The second kappa shape index (κ2) is 12.1. The molecule has 1 atom stereocenters. The van der Waals surface area contributed by atoms with Crippen molar-refractivity contribution in [2.45, 2.75) is 83.4 Å². The van der Waals surface area contributed by atoms with Gasteiger partial charge in [-0.2, -0.15) is 12.6 Å². The number of hydrogen-bond donors (Lipinski definition) is 2. The Kier molecular flexibility index (Phi) is 12.0. The van der Waals surface area contributed by atoms with Crippen molar-refractivity contribution in [3.63, 3.8) is 0 Å². The Morgan fingerprint density at radius 2 is 1.30 bits per heavy atom. The zero-order valence-electron chi connectivity index (χ0n) is 15.1. The van der Waals surface area contributed by atoms with E-state index in [4.69, 9.17) is 14.2 Å². The topological polar surface area (TPSA) is 65.0 Å². The molecule has 0 saturated heterocycles. The number of ether oxygens (including phenoxy) is 3. The molecule has 5 nitrogen and oxygen atoms in total. The highest BCUT2D eigenvalue weighted by Gasteiger charge is 2.58. The SMILES string of the molecule is CCCCCCCCC(S)(C(=O)O)C(OCC)(OCC)OCC. The number of carboxylic acid groups (broad SMARTS) is 1. The van der Waals surface area contributed by atoms with E-state index in [9.17, 15) is 9.90 Å². The molecule has 0 radical (unpaired) electrons. The highest BCUT2D eigenvalue weighted by atomic mass is 32.1. The van der Waals surface area contributed by atoms with Crippen molar-refractivity contribution < 1.29 is 24.1 Å². The highest BCUT2D eigenvalue weighted by Crippen LogP contribution is 2.40. The maximum atomic E-state index is 11.9. The standard InChI is InChI=1S/C17H34O5S/c1-5-9-10-11-12-13-14-16(23,15(18)19)17(20-6-2,21-7-3)22-8-4/h23H,5-14H2,1-4H3,(H,18,19). The van der Waals surface area contributed by atoms with Crippen molar-refractivity contribution in [2.75, 3.05) is 19.8 Å². The fourth-order valence-electron chi connectivity index (χ4n) is 2.61. The average molecular weight is 351 g/mol. The minimum Gasteiger partial charge on any atom is -0.480 e. The molecule has 0 aromatic carbocycles. The number of thiol groups is 1. The van der Waals surface area contributed by atoms with Gasteiger partial charge in [0.1, 0.15) is 0 Å². The lowest BCUT2D eigenvalue weighted by molar-refractivity contribution is -0.388. The first-order valence-corrected chi connectivity index (χ1v) is 9.26. The van der Waals surface area contributed by atoms with Crippen molar-refractivity contribution in [2.24, 2.45) is 0 Å². The second-order valence-corrected chi connectivity index (χ2v) is 6.30. The zero-order chi connectivity index (χ0) is 17.8. The fourth-order valence-corrected chi connectivity index (χ4v) is 2.96. The van der Waals surface area contributed by atoms with Crippen LogP contribution in [-0.4, -0.2) is 41.6 Å². The molecule has 6 heteroatoms. The van der Waals surface area contributed by atoms with E-state index in [0.717, 1.165) is 19.3 Å². The number of rotatable bonds is 15. The van der Waals surface area contributed by atoms with Gasteiger partial charge in [0, 0.05) is 19.8 Å². The van der Waals surface area contributed by atoms with Gasteiger partial charge in [0.25, 0.3) is 0 Å². The van der Waals surface area contributed by atoms with Gasteiger partial charge in [0.05, 0.1) is 0 Å². The Morgan fingerprint density at radius 3 is 1.70 bits per heavy atom. The highest BCUT2D eigenvalue weighted by molar-refractivity contribution is 7.82. The van der Waals surface area contributed by atoms with Crippen LogP contribution in [0.25, 0.3) is 0 Å². The predicted molar refractivity (Wildman–Crippen MR) is 95.0 cm³/mol. The molecule has 0 aliphatic rings. The van der Waals surface area contributed by atoms with Gasteiger partial charge in [-0.25, -0.2) is 0 Å². The molecule has 0 aliphatic heterocycles. The van der Waals surface area contributed by atoms with Gasteiger partial charge in [0.15, 0.2) is 4.75 Å². The third-order valence-electron chi connectivity index (χ3n) is 3.76. The zero-order valence-corrected chi connectivity index (χ0v) is 16.0. The predicted octanol–water partition coefficient (Wildman–Crippen LogP) is 4.25. The van der Waals surface area contributed by atoms with Crippen molar-refractivity contribution in [3.8, 4) is 0 Å². The summed E-state index contributed by atoms with van der Waals surface area (Å²) in [5, 5.41) is 9.77. The largest absolute Gasteiger partial charge is 0.480 e. The van der Waals surface area contributed by atoms with Crippen molar-refractivity contribution >= 4 is 18.6 Å². The first-order valence-electron chi connectivity index (χ1n) is 8.81. The Labute approximate surface area is 146 Å². The smallest absolute Gasteiger partial charge is 0.327 e. The summed E-state index contributed by atoms with van der Waals surface area (Å²) >= 11 is 4.47. The van der Waals surface area contributed by atoms with E-state index in [1.54, 1.807) is 20.8 Å². The van der Waals surface area contributed by atoms with E-state index in [1.165, 1.54) is 19.3 Å². The summed E-state index contributed by atoms with van der Waals surface area (Å²) in [6, 6.07) is 0. The lowest BCUT2D eigenvalue weighted by Gasteiger charge is -2.42. The van der Waals surface area contributed by atoms with Gasteiger partial charge < -0.3 is 19.3 Å². The van der Waals surface area contributed by atoms with E-state index in [2.05, 4.69) is 19.6 Å². The molecule has 1 unspecified atom stereocenters. The van der Waals surface area contributed by atoms with Crippen LogP contribution in [0.4, 0.5) is 0 Å². The van der Waals surface area contributed by atoms with Gasteiger partial charge in [-0.1, -0.05) is 45.4 Å². The molecule has 0 rings (SSSR count). The summed E-state index contributed by atoms with van der Waals surface area (Å²) < 4.78 is 15.4. The summed E-state index contributed by atoms with van der Waals surface area (Å²) in [5.74, 6) is -2.74. The summed E-state index contributed by atoms with van der Waals surface area (Å²) in [6.45, 7) is 8.38. The summed E-state index contributed by atoms with van der Waals surface area (Å²) in [4.78, 5) is 11.9. The second-order valence-electron chi connectivity index (χ2n) is 5.54. The lowest BCUT2D eigenvalue weighted by Crippen LogP contribution is -2.60. The molecule has 138 valence electrons. The summed E-state index contributed by atoms with van der Waals surface area (Å²) in [6.07, 6.45) is 6.72. The number of carboxylic acids is 1. The normalized spacial score (nSPS) is 14.7. The molecule has 0 aliphatic carbocycles. The molecule has 1 N–H and O–H groups in total. The Morgan fingerprint density at radius 1 is 0.870 bits per heavy atom. The van der Waals surface area contributed by atoms with E-state index in [-0.39, 0.29) is 19.8 Å². The molecule has 0 amide bonds. The van der Waals surface area contributed by atoms with Gasteiger partial charge in [-0.15, -0.1) is 0 Å². The van der Waals surface area contributed by atoms with Crippen LogP contribution in [0.3, 0.4) is 0 Å². The molecule has 0 saturated carbocycles. The third-order valence-corrected chi connectivity index (χ3v) is 4.44. The molecule has 0 aromatic heterocycles. The van der Waals surface area contributed by atoms with Crippen LogP contribution in [0, 0.1) is 0 Å². The Balaban J connectivity index is 5.04. The van der Waals surface area contributed by atoms with E-state index in [0.29, 0.717) is 6.42 Å². The van der Waals surface area contributed by atoms with Crippen LogP contribution >= 0.6 is 12.6 Å². The minimum absolute atomic E-state index is 0.284. The molecule has 0 bridgehead atoms. The van der Waals surface area contributed by atoms with Crippen LogP contribution in [-0.2, 0) is 19.0 Å². The number of hydrogen-bond acceptors (Lipinski definition) is 5. The van der Waals surface area contributed by atoms with Crippen molar-refractivity contribution in [3.05, 3.63) is 0 Å². The van der Waals surface area contributed by atoms with Crippen LogP contribution < -0.4 is 0 Å². The van der Waals surface area contributed by atoms with Crippen LogP contribution in [0.5, 0.6) is 0 Å². The number of aliphatic carboxylic acids is 1. The fraction of sp³-hybridized carbons (Fsp3) is 0.941. The van der Waals surface area contributed by atoms with Gasteiger partial charge in [0.2, 0.25) is 0 Å². The molecule has 0 aromatic rings. The number of carbonyl (C=O) groups is 1. The van der Waals surface area contributed by atoms with E-state index >= 15 is 0 Å². The third kappa shape index (κ3) is 6.61. The average Bonchev–Trinajstić information content (AvgIpc) is 2.50. The first kappa shape index (κ1) is 22.7. The van der Waals surface area contributed by atoms with E-state index < -0.39 is 16.7 Å². The Bertz CT molecular complexity index is 307. The minimum atomic E-state index is -1.66. The molecule has 0 spiro atoms. The first-order chi connectivity index (χ1) is 10.9. The Hall–Kier alpha value is -0.300. The molecular weight excluding hydrogens is 316 g/mol. The van der Waals surface area contributed by atoms with Gasteiger partial charge in [-0.05, 0) is 27.2 Å². The van der Waals surface area contributed by atoms with Gasteiger partial charge in [-0.3, -0.25) is 4.79 Å². The van der Waals surface area contributed by atoms with Gasteiger partial charge >= 0.3 is 11.9 Å². The molecule has 0 heterocycles. The maximum Gasteiger partial charge on any atom is 0.327 e. The summed E-state index contributed by atoms with van der Waals surface area (Å²) in [5.41, 5.74) is 0. The van der Waals surface area contributed by atoms with Crippen LogP contribution in [0.2, 0.25) is 0 Å². The van der Waals surface area contributed by atoms with Crippen molar-refractivity contribution in [1.29, 1.82) is 0 Å².